The van der Waals surface area contributed by atoms with Crippen LogP contribution in [0.4, 0.5) is 0 Å². The van der Waals surface area contributed by atoms with Crippen molar-refractivity contribution in [2.75, 3.05) is 20.3 Å². The van der Waals surface area contributed by atoms with E-state index in [0.717, 1.165) is 6.07 Å². The number of aliphatic hydroxyl groups excluding tert-OH is 1. The van der Waals surface area contributed by atoms with Gasteiger partial charge in [-0.1, -0.05) is 0 Å². The summed E-state index contributed by atoms with van der Waals surface area (Å²) in [5, 5.41) is 18.2. The fourth-order valence-corrected chi connectivity index (χ4v) is 2.58. The number of rotatable bonds is 7. The second-order valence-corrected chi connectivity index (χ2v) is 5.71. The molecule has 1 heterocycles. The number of nitrogens with zero attached hydrogens (tertiary/aromatic N) is 1. The summed E-state index contributed by atoms with van der Waals surface area (Å²) in [5.74, 6) is -1.22. The maximum atomic E-state index is 11.9. The van der Waals surface area contributed by atoms with Crippen LogP contribution in [-0.2, 0) is 21.8 Å². The van der Waals surface area contributed by atoms with Crippen molar-refractivity contribution in [3.05, 3.63) is 18.0 Å². The highest BCUT2D eigenvalue weighted by Crippen LogP contribution is 2.13. The first kappa shape index (κ1) is 15.6. The van der Waals surface area contributed by atoms with Crippen LogP contribution < -0.4 is 4.72 Å². The second kappa shape index (κ2) is 6.15. The molecule has 19 heavy (non-hydrogen) atoms. The summed E-state index contributed by atoms with van der Waals surface area (Å²) in [6.45, 7) is -0.217. The van der Waals surface area contributed by atoms with E-state index in [1.807, 2.05) is 0 Å². The Morgan fingerprint density at radius 3 is 2.68 bits per heavy atom. The van der Waals surface area contributed by atoms with Crippen molar-refractivity contribution in [2.45, 2.75) is 11.0 Å². The van der Waals surface area contributed by atoms with Crippen LogP contribution in [0.25, 0.3) is 0 Å². The van der Waals surface area contributed by atoms with Crippen LogP contribution >= 0.6 is 0 Å². The number of nitrogens with one attached hydrogen (secondary N) is 1. The summed E-state index contributed by atoms with van der Waals surface area (Å²) >= 11 is 0. The first-order valence-corrected chi connectivity index (χ1v) is 6.82. The van der Waals surface area contributed by atoms with Crippen LogP contribution in [0.1, 0.15) is 10.5 Å². The van der Waals surface area contributed by atoms with Gasteiger partial charge in [-0.2, -0.15) is 0 Å². The number of sulfonamides is 1. The normalized spacial score (nSPS) is 13.4. The second-order valence-electron chi connectivity index (χ2n) is 3.94. The molecule has 1 rings (SSSR count). The van der Waals surface area contributed by atoms with Crippen molar-refractivity contribution in [1.29, 1.82) is 0 Å². The van der Waals surface area contributed by atoms with Crippen molar-refractivity contribution in [2.24, 2.45) is 7.05 Å². The SMILES string of the molecule is COCC(O)CNS(=O)(=O)c1cc(C(=O)O)n(C)c1. The van der Waals surface area contributed by atoms with E-state index in [1.165, 1.54) is 24.9 Å². The fraction of sp³-hybridized carbons (Fsp3) is 0.500. The molecule has 0 spiro atoms. The van der Waals surface area contributed by atoms with Crippen molar-refractivity contribution in [3.8, 4) is 0 Å². The van der Waals surface area contributed by atoms with Crippen molar-refractivity contribution in [1.82, 2.24) is 9.29 Å². The van der Waals surface area contributed by atoms with Gasteiger partial charge in [0, 0.05) is 26.9 Å². The highest BCUT2D eigenvalue weighted by atomic mass is 32.2. The van der Waals surface area contributed by atoms with Gasteiger partial charge in [0.05, 0.1) is 12.7 Å². The van der Waals surface area contributed by atoms with Crippen LogP contribution in [0, 0.1) is 0 Å². The molecule has 0 aliphatic heterocycles. The standard InChI is InChI=1S/C10H16N2O6S/c1-12-5-8(3-9(12)10(14)15)19(16,17)11-4-7(13)6-18-2/h3,5,7,11,13H,4,6H2,1-2H3,(H,14,15). The predicted octanol–water partition coefficient (Wildman–Crippen LogP) is -0.991. The van der Waals surface area contributed by atoms with Gasteiger partial charge in [0.25, 0.3) is 0 Å². The molecule has 0 bridgehead atoms. The Bertz CT molecular complexity index is 550. The summed E-state index contributed by atoms with van der Waals surface area (Å²) in [7, 11) is -1.04. The zero-order valence-electron chi connectivity index (χ0n) is 10.5. The molecular weight excluding hydrogens is 276 g/mol. The van der Waals surface area contributed by atoms with Crippen molar-refractivity contribution >= 4 is 16.0 Å². The van der Waals surface area contributed by atoms with Gasteiger partial charge in [0.15, 0.2) is 0 Å². The molecule has 9 heteroatoms. The third-order valence-corrected chi connectivity index (χ3v) is 3.77. The number of aromatic nitrogens is 1. The zero-order valence-corrected chi connectivity index (χ0v) is 11.3. The number of aryl methyl sites for hydroxylation is 1. The number of carboxylic acid groups (broad SMARTS) is 1. The lowest BCUT2D eigenvalue weighted by atomic mass is 10.4. The van der Waals surface area contributed by atoms with E-state index in [4.69, 9.17) is 5.11 Å². The maximum absolute atomic E-state index is 11.9. The number of hydrogen-bond acceptors (Lipinski definition) is 5. The van der Waals surface area contributed by atoms with Crippen LogP contribution in [0.3, 0.4) is 0 Å². The van der Waals surface area contributed by atoms with E-state index in [1.54, 1.807) is 0 Å². The number of carboxylic acids is 1. The Kier molecular flexibility index (Phi) is 5.06. The number of aromatic carboxylic acids is 1. The van der Waals surface area contributed by atoms with E-state index < -0.39 is 22.1 Å². The predicted molar refractivity (Wildman–Crippen MR) is 65.4 cm³/mol. The Balaban J connectivity index is 2.83. The highest BCUT2D eigenvalue weighted by Gasteiger charge is 2.20. The van der Waals surface area contributed by atoms with Crippen LogP contribution in [0.5, 0.6) is 0 Å². The maximum Gasteiger partial charge on any atom is 0.352 e. The highest BCUT2D eigenvalue weighted by molar-refractivity contribution is 7.89. The van der Waals surface area contributed by atoms with Crippen LogP contribution in [0.15, 0.2) is 17.2 Å². The van der Waals surface area contributed by atoms with Gasteiger partial charge in [-0.25, -0.2) is 17.9 Å². The van der Waals surface area contributed by atoms with Crippen LogP contribution in [0.2, 0.25) is 0 Å². The van der Waals surface area contributed by atoms with Gasteiger partial charge in [-0.3, -0.25) is 0 Å². The Hall–Kier alpha value is -1.42. The van der Waals surface area contributed by atoms with Gasteiger partial charge < -0.3 is 19.5 Å². The summed E-state index contributed by atoms with van der Waals surface area (Å²) in [5.41, 5.74) is -0.141. The minimum Gasteiger partial charge on any atom is -0.477 e. The molecule has 3 N–H and O–H groups in total. The number of methoxy groups -OCH3 is 1. The molecule has 1 unspecified atom stereocenters. The molecule has 0 saturated carbocycles. The molecule has 1 aromatic heterocycles. The molecule has 0 aromatic carbocycles. The van der Waals surface area contributed by atoms with Crippen molar-refractivity contribution < 1.29 is 28.2 Å². The molecule has 0 radical (unpaired) electrons. The molecule has 0 amide bonds. The Morgan fingerprint density at radius 1 is 1.58 bits per heavy atom. The van der Waals surface area contributed by atoms with E-state index >= 15 is 0 Å². The average Bonchev–Trinajstić information content (AvgIpc) is 2.70. The van der Waals surface area contributed by atoms with E-state index in [-0.39, 0.29) is 23.7 Å². The summed E-state index contributed by atoms with van der Waals surface area (Å²) in [4.78, 5) is 10.7. The lowest BCUT2D eigenvalue weighted by molar-refractivity contribution is 0.0678. The molecule has 0 aliphatic carbocycles. The fourth-order valence-electron chi connectivity index (χ4n) is 1.43. The van der Waals surface area contributed by atoms with Gasteiger partial charge in [-0.15, -0.1) is 0 Å². The Morgan fingerprint density at radius 2 is 2.21 bits per heavy atom. The monoisotopic (exact) mass is 292 g/mol. The number of aliphatic hydroxyl groups is 1. The molecule has 0 aliphatic rings. The summed E-state index contributed by atoms with van der Waals surface area (Å²) in [6.07, 6.45) is 0.219. The smallest absolute Gasteiger partial charge is 0.352 e. The lowest BCUT2D eigenvalue weighted by Crippen LogP contribution is -2.34. The van der Waals surface area contributed by atoms with Crippen molar-refractivity contribution in [3.63, 3.8) is 0 Å². The first-order valence-electron chi connectivity index (χ1n) is 5.34. The minimum absolute atomic E-state index is 0.00230. The number of hydrogen-bond donors (Lipinski definition) is 3. The molecule has 1 atom stereocenters. The van der Waals surface area contributed by atoms with Gasteiger partial charge in [0.1, 0.15) is 10.6 Å². The Labute approximate surface area is 110 Å². The topological polar surface area (TPSA) is 118 Å². The molecule has 108 valence electrons. The third-order valence-electron chi connectivity index (χ3n) is 2.38. The first-order chi connectivity index (χ1) is 8.77. The molecule has 1 aromatic rings. The van der Waals surface area contributed by atoms with Gasteiger partial charge in [-0.05, 0) is 6.07 Å². The number of carbonyl (C=O) groups is 1. The van der Waals surface area contributed by atoms with Crippen LogP contribution in [-0.4, -0.2) is 55.5 Å². The minimum atomic E-state index is -3.86. The van der Waals surface area contributed by atoms with E-state index in [9.17, 15) is 18.3 Å². The van der Waals surface area contributed by atoms with E-state index in [2.05, 4.69) is 9.46 Å². The van der Waals surface area contributed by atoms with Gasteiger partial charge in [0.2, 0.25) is 10.0 Å². The number of ether oxygens (including phenoxy) is 1. The zero-order chi connectivity index (χ0) is 14.6. The largest absolute Gasteiger partial charge is 0.477 e. The third kappa shape index (κ3) is 4.03. The van der Waals surface area contributed by atoms with Gasteiger partial charge >= 0.3 is 5.97 Å². The summed E-state index contributed by atoms with van der Waals surface area (Å²) < 4.78 is 31.8. The molecular formula is C10H16N2O6S. The lowest BCUT2D eigenvalue weighted by Gasteiger charge is -2.10. The summed E-state index contributed by atoms with van der Waals surface area (Å²) in [6, 6.07) is 1.05. The quantitative estimate of drug-likeness (QED) is 0.594. The molecule has 8 nitrogen and oxygen atoms in total. The van der Waals surface area contributed by atoms with E-state index in [0.29, 0.717) is 0 Å². The molecule has 0 fully saturated rings. The molecule has 0 saturated heterocycles. The average molecular weight is 292 g/mol.